The second kappa shape index (κ2) is 15.9. The van der Waals surface area contributed by atoms with Crippen LogP contribution in [0.5, 0.6) is 11.5 Å². The highest BCUT2D eigenvalue weighted by molar-refractivity contribution is 5.89. The standard InChI is InChI=1S/C26H30F6N2O7/c1-2-39-22(23(35)36)16-18-4-8-20(9-5-18)40-15-13-34(12-3-14-38-17-25(27,28)29)24(37)33-19-6-10-21(11-7-19)41-26(30,31)32/h4-11,22H,2-3,12-17H2,1H3,(H,33,37)(H,35,36). The largest absolute Gasteiger partial charge is 0.573 e. The number of benzene rings is 2. The smallest absolute Gasteiger partial charge is 0.492 e. The Hall–Kier alpha value is -3.72. The summed E-state index contributed by atoms with van der Waals surface area (Å²) in [6.45, 7) is 0.231. The number of halogens is 6. The van der Waals surface area contributed by atoms with Crippen molar-refractivity contribution in [1.29, 1.82) is 0 Å². The van der Waals surface area contributed by atoms with Crippen LogP contribution in [0.4, 0.5) is 36.8 Å². The highest BCUT2D eigenvalue weighted by atomic mass is 19.4. The highest BCUT2D eigenvalue weighted by Crippen LogP contribution is 2.24. The fraction of sp³-hybridized carbons (Fsp3) is 0.462. The van der Waals surface area contributed by atoms with Gasteiger partial charge in [-0.3, -0.25) is 0 Å². The van der Waals surface area contributed by atoms with Gasteiger partial charge in [-0.25, -0.2) is 9.59 Å². The van der Waals surface area contributed by atoms with Gasteiger partial charge in [0.05, 0.1) is 6.54 Å². The minimum Gasteiger partial charge on any atom is -0.492 e. The zero-order valence-corrected chi connectivity index (χ0v) is 22.0. The van der Waals surface area contributed by atoms with E-state index < -0.39 is 43.0 Å². The lowest BCUT2D eigenvalue weighted by molar-refractivity contribution is -0.274. The first-order valence-corrected chi connectivity index (χ1v) is 12.4. The second-order valence-corrected chi connectivity index (χ2v) is 8.49. The normalized spacial score (nSPS) is 12.5. The molecular weight excluding hydrogens is 566 g/mol. The van der Waals surface area contributed by atoms with E-state index >= 15 is 0 Å². The molecule has 2 N–H and O–H groups in total. The van der Waals surface area contributed by atoms with E-state index in [0.29, 0.717) is 11.3 Å². The molecule has 0 saturated heterocycles. The lowest BCUT2D eigenvalue weighted by Gasteiger charge is -2.23. The van der Waals surface area contributed by atoms with Gasteiger partial charge in [-0.05, 0) is 55.3 Å². The molecular formula is C26H30F6N2O7. The third-order valence-corrected chi connectivity index (χ3v) is 5.23. The molecule has 2 aromatic rings. The monoisotopic (exact) mass is 596 g/mol. The number of hydrogen-bond donors (Lipinski definition) is 2. The Morgan fingerprint density at radius 2 is 1.56 bits per heavy atom. The molecule has 1 unspecified atom stereocenters. The summed E-state index contributed by atoms with van der Waals surface area (Å²) in [6, 6.07) is 10.3. The Bertz CT molecular complexity index is 1080. The number of nitrogens with one attached hydrogen (secondary N) is 1. The summed E-state index contributed by atoms with van der Waals surface area (Å²) in [4.78, 5) is 25.3. The Morgan fingerprint density at radius 3 is 2.12 bits per heavy atom. The maximum absolute atomic E-state index is 12.8. The van der Waals surface area contributed by atoms with Gasteiger partial charge in [-0.1, -0.05) is 12.1 Å². The van der Waals surface area contributed by atoms with E-state index in [0.717, 1.165) is 12.1 Å². The molecule has 2 rings (SSSR count). The van der Waals surface area contributed by atoms with Crippen molar-refractivity contribution >= 4 is 17.7 Å². The molecule has 0 aliphatic rings. The number of carboxylic acid groups (broad SMARTS) is 1. The van der Waals surface area contributed by atoms with E-state index in [1.807, 2.05) is 0 Å². The van der Waals surface area contributed by atoms with Gasteiger partial charge in [0.1, 0.15) is 24.7 Å². The molecule has 0 heterocycles. The number of amides is 2. The molecule has 0 spiro atoms. The number of carbonyl (C=O) groups is 2. The summed E-state index contributed by atoms with van der Waals surface area (Å²) in [5.41, 5.74) is 0.857. The number of urea groups is 1. The first-order chi connectivity index (χ1) is 19.3. The maximum Gasteiger partial charge on any atom is 0.573 e. The molecule has 41 heavy (non-hydrogen) atoms. The molecule has 0 aliphatic heterocycles. The van der Waals surface area contributed by atoms with E-state index in [-0.39, 0.29) is 51.4 Å². The van der Waals surface area contributed by atoms with Crippen LogP contribution >= 0.6 is 0 Å². The first kappa shape index (κ1) is 33.5. The Labute approximate surface area is 231 Å². The van der Waals surface area contributed by atoms with Crippen molar-refractivity contribution in [3.8, 4) is 11.5 Å². The van der Waals surface area contributed by atoms with Crippen molar-refractivity contribution in [3.05, 3.63) is 54.1 Å². The number of alkyl halides is 6. The maximum atomic E-state index is 12.8. The lowest BCUT2D eigenvalue weighted by Crippen LogP contribution is -2.39. The Kier molecular flexibility index (Phi) is 13.0. The number of aliphatic carboxylic acids is 1. The second-order valence-electron chi connectivity index (χ2n) is 8.49. The van der Waals surface area contributed by atoms with Crippen LogP contribution in [0, 0.1) is 0 Å². The van der Waals surface area contributed by atoms with Gasteiger partial charge in [-0.15, -0.1) is 13.2 Å². The summed E-state index contributed by atoms with van der Waals surface area (Å²) >= 11 is 0. The highest BCUT2D eigenvalue weighted by Gasteiger charge is 2.31. The van der Waals surface area contributed by atoms with E-state index in [9.17, 15) is 41.0 Å². The number of hydrogen-bond acceptors (Lipinski definition) is 6. The minimum atomic E-state index is -4.87. The van der Waals surface area contributed by atoms with Gasteiger partial charge in [0.2, 0.25) is 0 Å². The minimum absolute atomic E-state index is 0.00470. The zero-order valence-electron chi connectivity index (χ0n) is 22.0. The summed E-state index contributed by atoms with van der Waals surface area (Å²) in [5, 5.41) is 11.7. The molecule has 0 radical (unpaired) electrons. The molecule has 2 aromatic carbocycles. The number of anilines is 1. The molecule has 228 valence electrons. The van der Waals surface area contributed by atoms with Gasteiger partial charge in [-0.2, -0.15) is 13.2 Å². The van der Waals surface area contributed by atoms with Crippen molar-refractivity contribution < 1.29 is 60.0 Å². The van der Waals surface area contributed by atoms with Crippen molar-refractivity contribution in [2.45, 2.75) is 38.4 Å². The molecule has 0 bridgehead atoms. The van der Waals surface area contributed by atoms with Crippen LogP contribution in [0.2, 0.25) is 0 Å². The van der Waals surface area contributed by atoms with Crippen LogP contribution in [0.25, 0.3) is 0 Å². The molecule has 0 aliphatic carbocycles. The molecule has 2 amide bonds. The van der Waals surface area contributed by atoms with Gasteiger partial charge < -0.3 is 34.3 Å². The molecule has 15 heteroatoms. The van der Waals surface area contributed by atoms with E-state index in [2.05, 4.69) is 14.8 Å². The molecule has 1 atom stereocenters. The van der Waals surface area contributed by atoms with Crippen molar-refractivity contribution in [3.63, 3.8) is 0 Å². The van der Waals surface area contributed by atoms with Gasteiger partial charge in [0, 0.05) is 31.9 Å². The van der Waals surface area contributed by atoms with Gasteiger partial charge in [0.25, 0.3) is 0 Å². The van der Waals surface area contributed by atoms with Crippen molar-refractivity contribution in [2.75, 3.05) is 44.8 Å². The van der Waals surface area contributed by atoms with Crippen LogP contribution < -0.4 is 14.8 Å². The topological polar surface area (TPSA) is 107 Å². The van der Waals surface area contributed by atoms with E-state index in [1.54, 1.807) is 31.2 Å². The molecule has 0 aromatic heterocycles. The molecule has 0 saturated carbocycles. The Morgan fingerprint density at radius 1 is 0.927 bits per heavy atom. The van der Waals surface area contributed by atoms with Crippen molar-refractivity contribution in [1.82, 2.24) is 4.90 Å². The van der Waals surface area contributed by atoms with Crippen molar-refractivity contribution in [2.24, 2.45) is 0 Å². The molecule has 0 fully saturated rings. The zero-order chi connectivity index (χ0) is 30.5. The number of rotatable bonds is 16. The predicted molar refractivity (Wildman–Crippen MR) is 134 cm³/mol. The summed E-state index contributed by atoms with van der Waals surface area (Å²) in [5.74, 6) is -1.14. The van der Waals surface area contributed by atoms with Crippen LogP contribution in [0.15, 0.2) is 48.5 Å². The summed E-state index contributed by atoms with van der Waals surface area (Å²) in [6.07, 6.45) is -10.1. The third kappa shape index (κ3) is 14.0. The lowest BCUT2D eigenvalue weighted by atomic mass is 10.1. The Balaban J connectivity index is 1.95. The van der Waals surface area contributed by atoms with Crippen LogP contribution in [0.3, 0.4) is 0 Å². The van der Waals surface area contributed by atoms with E-state index in [4.69, 9.17) is 9.47 Å². The average Bonchev–Trinajstić information content (AvgIpc) is 2.87. The fourth-order valence-corrected chi connectivity index (χ4v) is 3.43. The van der Waals surface area contributed by atoms with Crippen LogP contribution in [-0.4, -0.2) is 80.2 Å². The van der Waals surface area contributed by atoms with Gasteiger partial charge in [0.15, 0.2) is 6.10 Å². The summed E-state index contributed by atoms with van der Waals surface area (Å²) in [7, 11) is 0. The van der Waals surface area contributed by atoms with Crippen LogP contribution in [-0.2, 0) is 20.7 Å². The van der Waals surface area contributed by atoms with E-state index in [1.165, 1.54) is 17.0 Å². The predicted octanol–water partition coefficient (Wildman–Crippen LogP) is 5.50. The summed E-state index contributed by atoms with van der Waals surface area (Å²) < 4.78 is 93.2. The third-order valence-electron chi connectivity index (χ3n) is 5.23. The van der Waals surface area contributed by atoms with Crippen LogP contribution in [0.1, 0.15) is 18.9 Å². The average molecular weight is 597 g/mol. The molecule has 9 nitrogen and oxygen atoms in total. The quantitative estimate of drug-likeness (QED) is 0.195. The SMILES string of the molecule is CCOC(Cc1ccc(OCCN(CCCOCC(F)(F)F)C(=O)Nc2ccc(OC(F)(F)F)cc2)cc1)C(=O)O. The number of carboxylic acids is 1. The number of nitrogens with zero attached hydrogens (tertiary/aromatic N) is 1. The number of carbonyl (C=O) groups excluding carboxylic acids is 1. The van der Waals surface area contributed by atoms with Gasteiger partial charge >= 0.3 is 24.5 Å². The fourth-order valence-electron chi connectivity index (χ4n) is 3.43. The number of ether oxygens (including phenoxy) is 4. The first-order valence-electron chi connectivity index (χ1n) is 12.4.